The minimum absolute atomic E-state index is 0.102. The third kappa shape index (κ3) is 4.02. The Labute approximate surface area is 170 Å². The number of hydrogen-bond acceptors (Lipinski definition) is 3. The number of aromatic nitrogens is 2. The van der Waals surface area contributed by atoms with E-state index in [2.05, 4.69) is 15.6 Å². The third-order valence-corrected chi connectivity index (χ3v) is 4.47. The first kappa shape index (κ1) is 19.3. The van der Waals surface area contributed by atoms with Gasteiger partial charge in [0.2, 0.25) is 5.91 Å². The van der Waals surface area contributed by atoms with Crippen LogP contribution in [0.15, 0.2) is 73.1 Å². The van der Waals surface area contributed by atoms with Crippen LogP contribution >= 0.6 is 0 Å². The number of rotatable bonds is 5. The monoisotopic (exact) mass is 406 g/mol. The second-order valence-electron chi connectivity index (χ2n) is 6.51. The van der Waals surface area contributed by atoms with Crippen molar-refractivity contribution in [1.82, 2.24) is 14.9 Å². The van der Waals surface area contributed by atoms with Crippen molar-refractivity contribution >= 4 is 28.5 Å². The molecule has 0 atom stereocenters. The van der Waals surface area contributed by atoms with E-state index in [1.165, 1.54) is 6.07 Å². The number of halogens is 2. The third-order valence-electron chi connectivity index (χ3n) is 4.47. The maximum Gasteiger partial charge on any atom is 0.251 e. The van der Waals surface area contributed by atoms with Crippen LogP contribution in [0, 0.1) is 11.6 Å². The molecule has 0 aliphatic rings. The Morgan fingerprint density at radius 2 is 1.70 bits per heavy atom. The van der Waals surface area contributed by atoms with Gasteiger partial charge in [0.15, 0.2) is 11.6 Å². The number of carbonyl (C=O) groups is 2. The highest BCUT2D eigenvalue weighted by Crippen LogP contribution is 2.18. The number of amides is 2. The Morgan fingerprint density at radius 3 is 2.47 bits per heavy atom. The summed E-state index contributed by atoms with van der Waals surface area (Å²) in [6.45, 7) is -0.314. The van der Waals surface area contributed by atoms with Crippen molar-refractivity contribution in [1.29, 1.82) is 0 Å². The molecule has 6 nitrogen and oxygen atoms in total. The summed E-state index contributed by atoms with van der Waals surface area (Å²) in [6, 6.07) is 17.6. The molecule has 4 aromatic rings. The number of fused-ring (bicyclic) bond motifs is 1. The molecule has 30 heavy (non-hydrogen) atoms. The lowest BCUT2D eigenvalue weighted by Crippen LogP contribution is -2.32. The van der Waals surface area contributed by atoms with E-state index in [1.807, 2.05) is 28.8 Å². The molecule has 2 N–H and O–H groups in total. The molecular weight excluding hydrogens is 390 g/mol. The van der Waals surface area contributed by atoms with Crippen LogP contribution in [0.3, 0.4) is 0 Å². The highest BCUT2D eigenvalue weighted by molar-refractivity contribution is 5.99. The Hall–Kier alpha value is -4.07. The summed E-state index contributed by atoms with van der Waals surface area (Å²) in [5, 5.41) is 4.88. The maximum absolute atomic E-state index is 13.2. The summed E-state index contributed by atoms with van der Waals surface area (Å²) in [7, 11) is 0. The molecular formula is C22H16F2N4O2. The molecule has 3 aromatic carbocycles. The van der Waals surface area contributed by atoms with E-state index in [-0.39, 0.29) is 12.2 Å². The molecule has 0 saturated heterocycles. The average molecular weight is 406 g/mol. The summed E-state index contributed by atoms with van der Waals surface area (Å²) < 4.78 is 28.0. The predicted molar refractivity (Wildman–Crippen MR) is 108 cm³/mol. The second kappa shape index (κ2) is 8.12. The highest BCUT2D eigenvalue weighted by Gasteiger charge is 2.11. The smallest absolute Gasteiger partial charge is 0.251 e. The quantitative estimate of drug-likeness (QED) is 0.531. The number of nitrogens with zero attached hydrogens (tertiary/aromatic N) is 2. The van der Waals surface area contributed by atoms with Gasteiger partial charge in [0.05, 0.1) is 17.6 Å². The van der Waals surface area contributed by atoms with Gasteiger partial charge in [0, 0.05) is 23.0 Å². The Morgan fingerprint density at radius 1 is 0.933 bits per heavy atom. The molecule has 150 valence electrons. The largest absolute Gasteiger partial charge is 0.343 e. The first-order valence-corrected chi connectivity index (χ1v) is 9.07. The molecule has 0 spiro atoms. The zero-order valence-corrected chi connectivity index (χ0v) is 15.6. The second-order valence-corrected chi connectivity index (χ2v) is 6.51. The Balaban J connectivity index is 1.38. The molecule has 8 heteroatoms. The van der Waals surface area contributed by atoms with Crippen molar-refractivity contribution in [2.24, 2.45) is 0 Å². The van der Waals surface area contributed by atoms with Crippen LogP contribution in [0.2, 0.25) is 0 Å². The molecule has 4 rings (SSSR count). The van der Waals surface area contributed by atoms with Gasteiger partial charge in [0.1, 0.15) is 6.33 Å². The van der Waals surface area contributed by atoms with E-state index in [4.69, 9.17) is 0 Å². The van der Waals surface area contributed by atoms with Gasteiger partial charge in [-0.1, -0.05) is 12.1 Å². The number of carbonyl (C=O) groups excluding carboxylic acids is 2. The molecule has 0 bridgehead atoms. The number of para-hydroxylation sites is 2. The van der Waals surface area contributed by atoms with Crippen LogP contribution < -0.4 is 10.6 Å². The number of hydrogen-bond donors (Lipinski definition) is 2. The van der Waals surface area contributed by atoms with Gasteiger partial charge >= 0.3 is 0 Å². The van der Waals surface area contributed by atoms with E-state index in [0.717, 1.165) is 28.9 Å². The van der Waals surface area contributed by atoms with Crippen molar-refractivity contribution in [3.8, 4) is 5.69 Å². The highest BCUT2D eigenvalue weighted by atomic mass is 19.2. The van der Waals surface area contributed by atoms with Crippen molar-refractivity contribution in [3.05, 3.63) is 90.3 Å². The van der Waals surface area contributed by atoms with E-state index in [9.17, 15) is 18.4 Å². The molecule has 0 radical (unpaired) electrons. The standard InChI is InChI=1S/C22H16F2N4O2/c23-17-10-7-15(11-18(17)24)27-21(29)12-25-22(30)14-5-8-16(9-6-14)28-13-26-19-3-1-2-4-20(19)28/h1-11,13H,12H2,(H,25,30)(H,27,29). The van der Waals surface area contributed by atoms with Gasteiger partial charge in [0.25, 0.3) is 5.91 Å². The predicted octanol–water partition coefficient (Wildman–Crippen LogP) is 3.67. The minimum atomic E-state index is -1.07. The fourth-order valence-corrected chi connectivity index (χ4v) is 2.98. The summed E-state index contributed by atoms with van der Waals surface area (Å²) in [4.78, 5) is 28.6. The van der Waals surface area contributed by atoms with Crippen molar-refractivity contribution in [2.75, 3.05) is 11.9 Å². The lowest BCUT2D eigenvalue weighted by molar-refractivity contribution is -0.115. The molecule has 2 amide bonds. The lowest BCUT2D eigenvalue weighted by Gasteiger charge is -2.08. The van der Waals surface area contributed by atoms with Gasteiger partial charge in [-0.15, -0.1) is 0 Å². The van der Waals surface area contributed by atoms with Gasteiger partial charge in [-0.05, 0) is 48.5 Å². The van der Waals surface area contributed by atoms with E-state index < -0.39 is 23.4 Å². The molecule has 1 aromatic heterocycles. The normalized spacial score (nSPS) is 10.7. The maximum atomic E-state index is 13.2. The van der Waals surface area contributed by atoms with Crippen LogP contribution in [0.4, 0.5) is 14.5 Å². The number of anilines is 1. The summed E-state index contributed by atoms with van der Waals surface area (Å²) in [6.07, 6.45) is 1.71. The van der Waals surface area contributed by atoms with Gasteiger partial charge < -0.3 is 10.6 Å². The average Bonchev–Trinajstić information content (AvgIpc) is 3.19. The fourth-order valence-electron chi connectivity index (χ4n) is 2.98. The summed E-state index contributed by atoms with van der Waals surface area (Å²) in [5.74, 6) is -3.07. The van der Waals surface area contributed by atoms with Crippen molar-refractivity contribution in [2.45, 2.75) is 0 Å². The Kier molecular flexibility index (Phi) is 5.21. The molecule has 0 unspecified atom stereocenters. The van der Waals surface area contributed by atoms with Crippen LogP contribution in [0.5, 0.6) is 0 Å². The van der Waals surface area contributed by atoms with Crippen molar-refractivity contribution < 1.29 is 18.4 Å². The molecule has 0 fully saturated rings. The molecule has 1 heterocycles. The number of benzene rings is 3. The summed E-state index contributed by atoms with van der Waals surface area (Å²) >= 11 is 0. The first-order valence-electron chi connectivity index (χ1n) is 9.07. The van der Waals surface area contributed by atoms with E-state index >= 15 is 0 Å². The molecule has 0 aliphatic carbocycles. The minimum Gasteiger partial charge on any atom is -0.343 e. The molecule has 0 aliphatic heterocycles. The van der Waals surface area contributed by atoms with Gasteiger partial charge in [-0.2, -0.15) is 0 Å². The van der Waals surface area contributed by atoms with Crippen LogP contribution in [0.1, 0.15) is 10.4 Å². The fraction of sp³-hybridized carbons (Fsp3) is 0.0455. The Bertz CT molecular complexity index is 1240. The van der Waals surface area contributed by atoms with Crippen LogP contribution in [0.25, 0.3) is 16.7 Å². The van der Waals surface area contributed by atoms with E-state index in [0.29, 0.717) is 5.56 Å². The number of imidazole rings is 1. The lowest BCUT2D eigenvalue weighted by atomic mass is 10.2. The first-order chi connectivity index (χ1) is 14.5. The zero-order chi connectivity index (χ0) is 21.1. The van der Waals surface area contributed by atoms with Crippen molar-refractivity contribution in [3.63, 3.8) is 0 Å². The van der Waals surface area contributed by atoms with E-state index in [1.54, 1.807) is 30.6 Å². The van der Waals surface area contributed by atoms with Crippen LogP contribution in [-0.2, 0) is 4.79 Å². The zero-order valence-electron chi connectivity index (χ0n) is 15.6. The van der Waals surface area contributed by atoms with Crippen LogP contribution in [-0.4, -0.2) is 27.9 Å². The number of nitrogens with one attached hydrogen (secondary N) is 2. The van der Waals surface area contributed by atoms with Gasteiger partial charge in [-0.25, -0.2) is 13.8 Å². The molecule has 0 saturated carbocycles. The SMILES string of the molecule is O=C(CNC(=O)c1ccc(-n2cnc3ccccc32)cc1)Nc1ccc(F)c(F)c1. The topological polar surface area (TPSA) is 76.0 Å². The van der Waals surface area contributed by atoms with Gasteiger partial charge in [-0.3, -0.25) is 14.2 Å². The summed E-state index contributed by atoms with van der Waals surface area (Å²) in [5.41, 5.74) is 3.14.